The molecule has 168 valence electrons. The van der Waals surface area contributed by atoms with Gasteiger partial charge in [-0.3, -0.25) is 4.90 Å². The first kappa shape index (κ1) is 21.8. The number of benzene rings is 1. The number of oxime groups is 1. The highest BCUT2D eigenvalue weighted by molar-refractivity contribution is 5.95. The second-order valence-corrected chi connectivity index (χ2v) is 9.57. The van der Waals surface area contributed by atoms with Gasteiger partial charge < -0.3 is 19.4 Å². The molecule has 0 radical (unpaired) electrons. The minimum absolute atomic E-state index is 0.0276. The first-order valence-corrected chi connectivity index (χ1v) is 11.1. The van der Waals surface area contributed by atoms with Crippen LogP contribution in [0.4, 0.5) is 0 Å². The van der Waals surface area contributed by atoms with Crippen molar-refractivity contribution in [1.82, 2.24) is 4.90 Å². The van der Waals surface area contributed by atoms with Gasteiger partial charge in [-0.15, -0.1) is 0 Å². The first-order valence-electron chi connectivity index (χ1n) is 11.1. The van der Waals surface area contributed by atoms with Crippen LogP contribution in [0.25, 0.3) is 0 Å². The normalized spacial score (nSPS) is 25.5. The summed E-state index contributed by atoms with van der Waals surface area (Å²) in [5, 5.41) is 13.5. The summed E-state index contributed by atoms with van der Waals surface area (Å²) in [5.41, 5.74) is 4.56. The molecule has 2 aliphatic heterocycles. The fraction of sp³-hybridized carbons (Fsp3) is 0.560. The summed E-state index contributed by atoms with van der Waals surface area (Å²) in [5.74, 6) is 2.49. The van der Waals surface area contributed by atoms with Crippen LogP contribution in [0.2, 0.25) is 0 Å². The summed E-state index contributed by atoms with van der Waals surface area (Å²) in [7, 11) is 3.78. The summed E-state index contributed by atoms with van der Waals surface area (Å²) in [4.78, 5) is 2.29. The third-order valence-electron chi connectivity index (χ3n) is 7.15. The summed E-state index contributed by atoms with van der Waals surface area (Å²) in [6.07, 6.45) is 10.3. The Balaban J connectivity index is 1.63. The number of rotatable bonds is 5. The Hall–Kier alpha value is -2.47. The van der Waals surface area contributed by atoms with Crippen LogP contribution < -0.4 is 14.2 Å². The monoisotopic (exact) mass is 426 g/mol. The number of hydrogen-bond donors (Lipinski definition) is 1. The molecule has 0 saturated carbocycles. The lowest BCUT2D eigenvalue weighted by Crippen LogP contribution is -2.34. The summed E-state index contributed by atoms with van der Waals surface area (Å²) in [6, 6.07) is 2.10. The van der Waals surface area contributed by atoms with Gasteiger partial charge in [-0.1, -0.05) is 36.7 Å². The number of allylic oxidation sites excluding steroid dienone is 4. The van der Waals surface area contributed by atoms with E-state index < -0.39 is 0 Å². The summed E-state index contributed by atoms with van der Waals surface area (Å²) in [6.45, 7) is 7.95. The maximum atomic E-state index is 9.83. The van der Waals surface area contributed by atoms with E-state index in [4.69, 9.17) is 14.2 Å². The third kappa shape index (κ3) is 4.05. The number of likely N-dealkylation sites (N-methyl/N-ethyl adjacent to an activating group) is 1. The average molecular weight is 427 g/mol. The molecule has 0 aromatic heterocycles. The highest BCUT2D eigenvalue weighted by atomic mass is 16.7. The molecule has 0 saturated heterocycles. The lowest BCUT2D eigenvalue weighted by molar-refractivity contribution is 0.170. The molecular formula is C25H34N2O4. The van der Waals surface area contributed by atoms with Crippen LogP contribution in [0, 0.1) is 11.3 Å². The van der Waals surface area contributed by atoms with Gasteiger partial charge in [0.05, 0.1) is 12.8 Å². The minimum atomic E-state index is 0.0276. The van der Waals surface area contributed by atoms with E-state index >= 15 is 0 Å². The number of fused-ring (bicyclic) bond motifs is 2. The SMILES string of the molecule is COc1c2c(cc3c1[C@H](CC(C=C[C@H]1C(C)=CCCC1(C)C)=NO)N(C)CC3)OCO2. The zero-order chi connectivity index (χ0) is 22.2. The van der Waals surface area contributed by atoms with Gasteiger partial charge in [-0.25, -0.2) is 0 Å². The minimum Gasteiger partial charge on any atom is -0.492 e. The van der Waals surface area contributed by atoms with Crippen LogP contribution in [-0.2, 0) is 6.42 Å². The second-order valence-electron chi connectivity index (χ2n) is 9.57. The van der Waals surface area contributed by atoms with Crippen molar-refractivity contribution >= 4 is 5.71 Å². The molecule has 1 aromatic rings. The molecule has 0 unspecified atom stereocenters. The molecule has 4 rings (SSSR count). The van der Waals surface area contributed by atoms with Gasteiger partial charge in [0.2, 0.25) is 12.5 Å². The van der Waals surface area contributed by atoms with Crippen LogP contribution >= 0.6 is 0 Å². The molecule has 0 spiro atoms. The van der Waals surface area contributed by atoms with E-state index in [1.807, 2.05) is 6.08 Å². The lowest BCUT2D eigenvalue weighted by atomic mass is 9.68. The van der Waals surface area contributed by atoms with Crippen LogP contribution in [-0.4, -0.2) is 43.3 Å². The first-order chi connectivity index (χ1) is 14.9. The Morgan fingerprint density at radius 2 is 2.19 bits per heavy atom. The van der Waals surface area contributed by atoms with Gasteiger partial charge in [0.25, 0.3) is 0 Å². The highest BCUT2D eigenvalue weighted by Crippen LogP contribution is 2.50. The molecule has 2 atom stereocenters. The molecule has 0 fully saturated rings. The van der Waals surface area contributed by atoms with E-state index in [2.05, 4.69) is 56.1 Å². The van der Waals surface area contributed by atoms with Gasteiger partial charge >= 0.3 is 0 Å². The molecule has 0 amide bonds. The molecule has 1 aromatic carbocycles. The highest BCUT2D eigenvalue weighted by Gasteiger charge is 2.35. The Labute approximate surface area is 185 Å². The third-order valence-corrected chi connectivity index (χ3v) is 7.15. The molecule has 31 heavy (non-hydrogen) atoms. The molecule has 0 bridgehead atoms. The van der Waals surface area contributed by atoms with Crippen molar-refractivity contribution in [3.8, 4) is 17.2 Å². The molecule has 6 nitrogen and oxygen atoms in total. The average Bonchev–Trinajstić information content (AvgIpc) is 3.20. The van der Waals surface area contributed by atoms with Crippen LogP contribution in [0.3, 0.4) is 0 Å². The van der Waals surface area contributed by atoms with Crippen LogP contribution in [0.1, 0.15) is 57.2 Å². The van der Waals surface area contributed by atoms with Gasteiger partial charge in [0.15, 0.2) is 11.5 Å². The van der Waals surface area contributed by atoms with Crippen molar-refractivity contribution in [2.75, 3.05) is 27.5 Å². The van der Waals surface area contributed by atoms with Crippen molar-refractivity contribution in [3.05, 3.63) is 41.0 Å². The Morgan fingerprint density at radius 3 is 2.90 bits per heavy atom. The van der Waals surface area contributed by atoms with Crippen LogP contribution in [0.15, 0.2) is 35.0 Å². The fourth-order valence-electron chi connectivity index (χ4n) is 5.31. The second kappa shape index (κ2) is 8.58. The van der Waals surface area contributed by atoms with Gasteiger partial charge in [0.1, 0.15) is 0 Å². The predicted octanol–water partition coefficient (Wildman–Crippen LogP) is 5.11. The smallest absolute Gasteiger partial charge is 0.231 e. The van der Waals surface area contributed by atoms with Crippen molar-refractivity contribution in [1.29, 1.82) is 0 Å². The maximum absolute atomic E-state index is 9.83. The quantitative estimate of drug-likeness (QED) is 0.307. The number of ether oxygens (including phenoxy) is 3. The van der Waals surface area contributed by atoms with E-state index in [-0.39, 0.29) is 18.2 Å². The van der Waals surface area contributed by atoms with E-state index in [1.54, 1.807) is 7.11 Å². The van der Waals surface area contributed by atoms with Crippen molar-refractivity contribution in [3.63, 3.8) is 0 Å². The Bertz CT molecular complexity index is 932. The number of methoxy groups -OCH3 is 1. The maximum Gasteiger partial charge on any atom is 0.231 e. The Kier molecular flexibility index (Phi) is 6.02. The zero-order valence-electron chi connectivity index (χ0n) is 19.3. The van der Waals surface area contributed by atoms with E-state index in [0.29, 0.717) is 23.8 Å². The molecule has 1 N–H and O–H groups in total. The zero-order valence-corrected chi connectivity index (χ0v) is 19.3. The molecule has 3 aliphatic rings. The van der Waals surface area contributed by atoms with Gasteiger partial charge in [-0.05, 0) is 56.4 Å². The standard InChI is InChI=1S/C25H34N2O4/c1-16-7-6-11-25(2,3)19(16)9-8-18(26-28)14-20-22-17(10-12-27(20)4)13-21-23(24(22)29-5)31-15-30-21/h7-9,13,19-20,28H,6,10-12,14-15H2,1-5H3/t19-,20-/m0/s1. The van der Waals surface area contributed by atoms with Crippen molar-refractivity contribution in [2.45, 2.75) is 52.5 Å². The Morgan fingerprint density at radius 1 is 1.39 bits per heavy atom. The van der Waals surface area contributed by atoms with Gasteiger partial charge in [-0.2, -0.15) is 0 Å². The van der Waals surface area contributed by atoms with Crippen LogP contribution in [0.5, 0.6) is 17.2 Å². The number of hydrogen-bond acceptors (Lipinski definition) is 6. The predicted molar refractivity (Wildman–Crippen MR) is 121 cm³/mol. The largest absolute Gasteiger partial charge is 0.492 e. The molecular weight excluding hydrogens is 392 g/mol. The molecule has 1 aliphatic carbocycles. The molecule has 6 heteroatoms. The number of nitrogens with zero attached hydrogens (tertiary/aromatic N) is 2. The summed E-state index contributed by atoms with van der Waals surface area (Å²) >= 11 is 0. The fourth-order valence-corrected chi connectivity index (χ4v) is 5.31. The van der Waals surface area contributed by atoms with Crippen molar-refractivity contribution in [2.24, 2.45) is 16.5 Å². The van der Waals surface area contributed by atoms with E-state index in [9.17, 15) is 5.21 Å². The van der Waals surface area contributed by atoms with Gasteiger partial charge in [0, 0.05) is 30.5 Å². The lowest BCUT2D eigenvalue weighted by Gasteiger charge is -2.37. The van der Waals surface area contributed by atoms with E-state index in [0.717, 1.165) is 42.9 Å². The molecule has 2 heterocycles. The topological polar surface area (TPSA) is 63.5 Å². The summed E-state index contributed by atoms with van der Waals surface area (Å²) < 4.78 is 17.1. The van der Waals surface area contributed by atoms with E-state index in [1.165, 1.54) is 11.1 Å². The van der Waals surface area contributed by atoms with Crippen molar-refractivity contribution < 1.29 is 19.4 Å².